The van der Waals surface area contributed by atoms with Gasteiger partial charge in [0.1, 0.15) is 5.76 Å². The van der Waals surface area contributed by atoms with E-state index in [0.717, 1.165) is 5.56 Å². The van der Waals surface area contributed by atoms with E-state index < -0.39 is 5.79 Å². The van der Waals surface area contributed by atoms with Gasteiger partial charge in [0.05, 0.1) is 0 Å². The number of carbonyl (C=O) groups is 1. The van der Waals surface area contributed by atoms with Crippen molar-refractivity contribution in [3.8, 4) is 11.5 Å². The Morgan fingerprint density at radius 2 is 1.88 bits per heavy atom. The Kier molecular flexibility index (Phi) is 3.23. The highest BCUT2D eigenvalue weighted by molar-refractivity contribution is 5.99. The third kappa shape index (κ3) is 2.57. The summed E-state index contributed by atoms with van der Waals surface area (Å²) in [6, 6.07) is 5.71. The summed E-state index contributed by atoms with van der Waals surface area (Å²) in [7, 11) is 0. The van der Waals surface area contributed by atoms with Crippen molar-refractivity contribution in [3.05, 3.63) is 35.1 Å². The van der Waals surface area contributed by atoms with Gasteiger partial charge in [0.25, 0.3) is 0 Å². The number of aliphatic hydroxyl groups is 1. The number of hydrogen-bond acceptors (Lipinski definition) is 5. The minimum atomic E-state index is -1.28. The van der Waals surface area contributed by atoms with E-state index in [1.807, 2.05) is 18.2 Å². The Hall–Kier alpha value is -2.01. The second-order valence-corrected chi connectivity index (χ2v) is 7.92. The molecule has 1 aromatic carbocycles. The Morgan fingerprint density at radius 3 is 2.67 bits per heavy atom. The van der Waals surface area contributed by atoms with Crippen molar-refractivity contribution < 1.29 is 24.1 Å². The van der Waals surface area contributed by atoms with E-state index in [1.54, 1.807) is 6.92 Å². The van der Waals surface area contributed by atoms with Gasteiger partial charge in [-0.1, -0.05) is 19.9 Å². The fraction of sp³-hybridized carbons (Fsp3) is 0.526. The molecule has 0 spiro atoms. The zero-order valence-electron chi connectivity index (χ0n) is 14.2. The smallest absolute Gasteiger partial charge is 0.231 e. The lowest BCUT2D eigenvalue weighted by Gasteiger charge is -2.43. The van der Waals surface area contributed by atoms with Crippen LogP contribution in [0.4, 0.5) is 0 Å². The second-order valence-electron chi connectivity index (χ2n) is 7.92. The zero-order chi connectivity index (χ0) is 17.1. The van der Waals surface area contributed by atoms with Crippen molar-refractivity contribution in [2.24, 2.45) is 5.41 Å². The van der Waals surface area contributed by atoms with Gasteiger partial charge in [-0.25, -0.2) is 0 Å². The molecular formula is C19H22O5. The third-order valence-electron chi connectivity index (χ3n) is 4.95. The van der Waals surface area contributed by atoms with E-state index in [1.165, 1.54) is 0 Å². The first-order valence-electron chi connectivity index (χ1n) is 8.31. The van der Waals surface area contributed by atoms with Crippen LogP contribution in [0.2, 0.25) is 0 Å². The van der Waals surface area contributed by atoms with Crippen LogP contribution < -0.4 is 9.47 Å². The van der Waals surface area contributed by atoms with Crippen molar-refractivity contribution in [1.29, 1.82) is 0 Å². The second kappa shape index (κ2) is 4.99. The van der Waals surface area contributed by atoms with Crippen LogP contribution in [0.25, 0.3) is 0 Å². The van der Waals surface area contributed by atoms with E-state index in [0.29, 0.717) is 42.1 Å². The molecule has 2 atom stereocenters. The molecule has 2 aliphatic heterocycles. The summed E-state index contributed by atoms with van der Waals surface area (Å²) in [5, 5.41) is 10.6. The molecule has 3 aliphatic rings. The van der Waals surface area contributed by atoms with Gasteiger partial charge in [-0.05, 0) is 23.1 Å². The predicted molar refractivity (Wildman–Crippen MR) is 86.7 cm³/mol. The van der Waals surface area contributed by atoms with Crippen LogP contribution in [0, 0.1) is 5.41 Å². The standard InChI is InChI=1S/C19H22O5/c1-18(2)8-13(20)17-12(7-19(3,21)24-16(17)9-18)11-4-5-14-15(6-11)23-10-22-14/h4-6,12,21H,7-10H2,1-3H3/t12-,19?/m1/s1. The zero-order valence-corrected chi connectivity index (χ0v) is 14.2. The number of allylic oxidation sites excluding steroid dienone is 2. The van der Waals surface area contributed by atoms with Crippen LogP contribution in [-0.4, -0.2) is 23.5 Å². The molecule has 2 heterocycles. The lowest BCUT2D eigenvalue weighted by molar-refractivity contribution is -0.184. The monoisotopic (exact) mass is 330 g/mol. The fourth-order valence-corrected chi connectivity index (χ4v) is 3.96. The number of fused-ring (bicyclic) bond motifs is 1. The van der Waals surface area contributed by atoms with Crippen molar-refractivity contribution in [3.63, 3.8) is 0 Å². The van der Waals surface area contributed by atoms with Crippen LogP contribution in [0.5, 0.6) is 11.5 Å². The third-order valence-corrected chi connectivity index (χ3v) is 4.95. The summed E-state index contributed by atoms with van der Waals surface area (Å²) < 4.78 is 16.6. The molecule has 0 saturated carbocycles. The summed E-state index contributed by atoms with van der Waals surface area (Å²) in [4.78, 5) is 12.8. The van der Waals surface area contributed by atoms with Crippen LogP contribution in [0.15, 0.2) is 29.5 Å². The first kappa shape index (κ1) is 15.5. The highest BCUT2D eigenvalue weighted by atomic mass is 16.7. The van der Waals surface area contributed by atoms with Gasteiger partial charge in [0.2, 0.25) is 12.6 Å². The summed E-state index contributed by atoms with van der Waals surface area (Å²) in [5.74, 6) is 0.664. The largest absolute Gasteiger partial charge is 0.467 e. The normalized spacial score (nSPS) is 30.8. The Labute approximate surface area is 141 Å². The summed E-state index contributed by atoms with van der Waals surface area (Å²) >= 11 is 0. The van der Waals surface area contributed by atoms with Gasteiger partial charge in [-0.2, -0.15) is 0 Å². The molecule has 1 unspecified atom stereocenters. The summed E-state index contributed by atoms with van der Waals surface area (Å²) in [6.07, 6.45) is 1.50. The van der Waals surface area contributed by atoms with Gasteiger partial charge in [-0.3, -0.25) is 4.79 Å². The maximum Gasteiger partial charge on any atom is 0.231 e. The van der Waals surface area contributed by atoms with Crippen molar-refractivity contribution in [1.82, 2.24) is 0 Å². The van der Waals surface area contributed by atoms with E-state index in [2.05, 4.69) is 13.8 Å². The van der Waals surface area contributed by atoms with Gasteiger partial charge < -0.3 is 19.3 Å². The SMILES string of the molecule is CC1(C)CC(=O)C2=C(C1)OC(C)(O)C[C@@H]2c1ccc2c(c1)OCO2. The number of ether oxygens (including phenoxy) is 3. The van der Waals surface area contributed by atoms with Crippen molar-refractivity contribution in [2.75, 3.05) is 6.79 Å². The van der Waals surface area contributed by atoms with E-state index >= 15 is 0 Å². The number of Topliss-reactive ketones (excluding diaryl/α,β-unsaturated/α-hetero) is 1. The molecule has 5 nitrogen and oxygen atoms in total. The fourth-order valence-electron chi connectivity index (χ4n) is 3.96. The van der Waals surface area contributed by atoms with Gasteiger partial charge in [0, 0.05) is 37.7 Å². The first-order chi connectivity index (χ1) is 11.2. The predicted octanol–water partition coefficient (Wildman–Crippen LogP) is 3.27. The molecule has 0 fully saturated rings. The highest BCUT2D eigenvalue weighted by Gasteiger charge is 2.45. The number of hydrogen-bond donors (Lipinski definition) is 1. The van der Waals surface area contributed by atoms with Crippen molar-refractivity contribution in [2.45, 2.75) is 51.7 Å². The minimum Gasteiger partial charge on any atom is -0.467 e. The van der Waals surface area contributed by atoms with Crippen LogP contribution >= 0.6 is 0 Å². The first-order valence-corrected chi connectivity index (χ1v) is 8.31. The molecule has 0 amide bonds. The topological polar surface area (TPSA) is 65.0 Å². The van der Waals surface area contributed by atoms with E-state index in [4.69, 9.17) is 14.2 Å². The number of ketones is 1. The Balaban J connectivity index is 1.80. The quantitative estimate of drug-likeness (QED) is 0.856. The van der Waals surface area contributed by atoms with Gasteiger partial charge >= 0.3 is 0 Å². The maximum atomic E-state index is 12.8. The molecule has 0 bridgehead atoms. The lowest BCUT2D eigenvalue weighted by atomic mass is 9.70. The number of benzene rings is 1. The van der Waals surface area contributed by atoms with Crippen LogP contribution in [0.1, 0.15) is 51.5 Å². The van der Waals surface area contributed by atoms with E-state index in [9.17, 15) is 9.90 Å². The molecule has 1 aromatic rings. The minimum absolute atomic E-state index is 0.111. The molecular weight excluding hydrogens is 308 g/mol. The molecule has 128 valence electrons. The van der Waals surface area contributed by atoms with Crippen molar-refractivity contribution >= 4 is 5.78 Å². The van der Waals surface area contributed by atoms with Crippen LogP contribution in [0.3, 0.4) is 0 Å². The molecule has 0 saturated heterocycles. The summed E-state index contributed by atoms with van der Waals surface area (Å²) in [5.41, 5.74) is 1.51. The molecule has 1 aliphatic carbocycles. The number of rotatable bonds is 1. The van der Waals surface area contributed by atoms with E-state index in [-0.39, 0.29) is 23.9 Å². The molecule has 4 rings (SSSR count). The summed E-state index contributed by atoms with van der Waals surface area (Å²) in [6.45, 7) is 5.97. The molecule has 1 N–H and O–H groups in total. The average molecular weight is 330 g/mol. The Morgan fingerprint density at radius 1 is 1.12 bits per heavy atom. The Bertz CT molecular complexity index is 740. The average Bonchev–Trinajstić information content (AvgIpc) is 2.90. The highest BCUT2D eigenvalue weighted by Crippen LogP contribution is 2.50. The molecule has 24 heavy (non-hydrogen) atoms. The van der Waals surface area contributed by atoms with Gasteiger partial charge in [-0.15, -0.1) is 0 Å². The molecule has 5 heteroatoms. The van der Waals surface area contributed by atoms with Crippen LogP contribution in [-0.2, 0) is 9.53 Å². The number of carbonyl (C=O) groups excluding carboxylic acids is 1. The molecule has 0 aromatic heterocycles. The molecule has 0 radical (unpaired) electrons. The van der Waals surface area contributed by atoms with Gasteiger partial charge in [0.15, 0.2) is 17.3 Å². The maximum absolute atomic E-state index is 12.8. The lowest BCUT2D eigenvalue weighted by Crippen LogP contribution is -2.41.